The van der Waals surface area contributed by atoms with Crippen molar-refractivity contribution in [3.8, 4) is 6.07 Å². The number of rotatable bonds is 5. The average molecular weight is 340 g/mol. The van der Waals surface area contributed by atoms with E-state index in [0.717, 1.165) is 32.0 Å². The van der Waals surface area contributed by atoms with Crippen molar-refractivity contribution in [2.24, 2.45) is 0 Å². The van der Waals surface area contributed by atoms with E-state index >= 15 is 0 Å². The van der Waals surface area contributed by atoms with Crippen LogP contribution in [0.4, 0.5) is 11.6 Å². The van der Waals surface area contributed by atoms with Crippen LogP contribution >= 0.6 is 0 Å². The molecule has 0 spiro atoms. The van der Waals surface area contributed by atoms with Crippen molar-refractivity contribution < 1.29 is 9.32 Å². The van der Waals surface area contributed by atoms with Gasteiger partial charge in [-0.1, -0.05) is 5.16 Å². The number of carbonyl (C=O) groups excluding carboxylic acids is 1. The zero-order valence-corrected chi connectivity index (χ0v) is 14.1. The highest BCUT2D eigenvalue weighted by molar-refractivity contribution is 5.89. The topological polar surface area (TPSA) is 98.3 Å². The minimum absolute atomic E-state index is 0.0766. The van der Waals surface area contributed by atoms with Gasteiger partial charge < -0.3 is 14.7 Å². The molecule has 8 heteroatoms. The lowest BCUT2D eigenvalue weighted by molar-refractivity contribution is -0.116. The van der Waals surface area contributed by atoms with Gasteiger partial charge in [-0.2, -0.15) is 5.26 Å². The standard InChI is InChI=1S/C17H20N6O2/c1-13-11-15(21-25-13)20-16(24)4-6-22-7-9-23(10-8-22)17-14(12-18)3-2-5-19-17/h2-3,5,11H,4,6-10H2,1H3,(H,20,21,24). The van der Waals surface area contributed by atoms with Crippen LogP contribution in [-0.4, -0.2) is 53.7 Å². The number of pyridine rings is 1. The van der Waals surface area contributed by atoms with Gasteiger partial charge in [-0.25, -0.2) is 4.98 Å². The normalized spacial score (nSPS) is 15.0. The summed E-state index contributed by atoms with van der Waals surface area (Å²) in [6.45, 7) is 5.70. The van der Waals surface area contributed by atoms with E-state index in [1.165, 1.54) is 0 Å². The molecule has 3 rings (SSSR count). The van der Waals surface area contributed by atoms with Crippen molar-refractivity contribution in [2.45, 2.75) is 13.3 Å². The van der Waals surface area contributed by atoms with E-state index in [9.17, 15) is 10.1 Å². The maximum Gasteiger partial charge on any atom is 0.226 e. The van der Waals surface area contributed by atoms with Crippen LogP contribution in [0.5, 0.6) is 0 Å². The second-order valence-corrected chi connectivity index (χ2v) is 5.94. The van der Waals surface area contributed by atoms with Crippen molar-refractivity contribution in [3.63, 3.8) is 0 Å². The van der Waals surface area contributed by atoms with Gasteiger partial charge in [-0.15, -0.1) is 0 Å². The highest BCUT2D eigenvalue weighted by Crippen LogP contribution is 2.18. The van der Waals surface area contributed by atoms with Gasteiger partial charge in [0.05, 0.1) is 5.56 Å². The van der Waals surface area contributed by atoms with E-state index in [-0.39, 0.29) is 5.91 Å². The number of hydrogen-bond donors (Lipinski definition) is 1. The quantitative estimate of drug-likeness (QED) is 0.878. The molecule has 3 heterocycles. The molecule has 0 aromatic carbocycles. The summed E-state index contributed by atoms with van der Waals surface area (Å²) in [6.07, 6.45) is 2.11. The van der Waals surface area contributed by atoms with Gasteiger partial charge >= 0.3 is 0 Å². The van der Waals surface area contributed by atoms with Crippen molar-refractivity contribution in [2.75, 3.05) is 42.9 Å². The lowest BCUT2D eigenvalue weighted by atomic mass is 10.2. The molecule has 1 amide bonds. The predicted octanol–water partition coefficient (Wildman–Crippen LogP) is 1.40. The van der Waals surface area contributed by atoms with Crippen LogP contribution in [0, 0.1) is 18.3 Å². The molecule has 0 aliphatic carbocycles. The average Bonchev–Trinajstić information content (AvgIpc) is 3.05. The summed E-state index contributed by atoms with van der Waals surface area (Å²) in [5.41, 5.74) is 0.596. The molecule has 0 unspecified atom stereocenters. The summed E-state index contributed by atoms with van der Waals surface area (Å²) >= 11 is 0. The Morgan fingerprint density at radius 2 is 2.20 bits per heavy atom. The van der Waals surface area contributed by atoms with Gasteiger partial charge in [0.2, 0.25) is 5.91 Å². The third kappa shape index (κ3) is 4.33. The Hall–Kier alpha value is -2.92. The third-order valence-electron chi connectivity index (χ3n) is 4.13. The molecule has 2 aromatic rings. The van der Waals surface area contributed by atoms with E-state index in [2.05, 4.69) is 31.3 Å². The molecule has 0 bridgehead atoms. The van der Waals surface area contributed by atoms with E-state index in [4.69, 9.17) is 4.52 Å². The van der Waals surface area contributed by atoms with Gasteiger partial charge in [-0.3, -0.25) is 9.69 Å². The summed E-state index contributed by atoms with van der Waals surface area (Å²) in [4.78, 5) is 20.6. The molecule has 1 fully saturated rings. The van der Waals surface area contributed by atoms with Crippen LogP contribution in [0.15, 0.2) is 28.9 Å². The highest BCUT2D eigenvalue weighted by atomic mass is 16.5. The highest BCUT2D eigenvalue weighted by Gasteiger charge is 2.20. The molecule has 0 saturated carbocycles. The van der Waals surface area contributed by atoms with E-state index in [0.29, 0.717) is 30.1 Å². The van der Waals surface area contributed by atoms with Crippen molar-refractivity contribution in [3.05, 3.63) is 35.7 Å². The Bertz CT molecular complexity index is 773. The van der Waals surface area contributed by atoms with Gasteiger partial charge in [-0.05, 0) is 19.1 Å². The van der Waals surface area contributed by atoms with E-state index in [1.807, 2.05) is 0 Å². The number of hydrogen-bond acceptors (Lipinski definition) is 7. The number of piperazine rings is 1. The molecule has 25 heavy (non-hydrogen) atoms. The number of anilines is 2. The molecule has 1 aliphatic rings. The zero-order valence-electron chi connectivity index (χ0n) is 14.1. The van der Waals surface area contributed by atoms with Crippen LogP contribution in [-0.2, 0) is 4.79 Å². The lowest BCUT2D eigenvalue weighted by Gasteiger charge is -2.35. The molecule has 1 saturated heterocycles. The third-order valence-corrected chi connectivity index (χ3v) is 4.13. The first kappa shape index (κ1) is 16.9. The van der Waals surface area contributed by atoms with Crippen LogP contribution in [0.1, 0.15) is 17.7 Å². The Kier molecular flexibility index (Phi) is 5.26. The predicted molar refractivity (Wildman–Crippen MR) is 92.1 cm³/mol. The van der Waals surface area contributed by atoms with Crippen LogP contribution in [0.2, 0.25) is 0 Å². The summed E-state index contributed by atoms with van der Waals surface area (Å²) in [5.74, 6) is 1.78. The number of nitrogens with zero attached hydrogens (tertiary/aromatic N) is 5. The molecule has 1 aliphatic heterocycles. The molecular weight excluding hydrogens is 320 g/mol. The Morgan fingerprint density at radius 1 is 1.40 bits per heavy atom. The van der Waals surface area contributed by atoms with Gasteiger partial charge in [0, 0.05) is 51.4 Å². The van der Waals surface area contributed by atoms with Crippen molar-refractivity contribution >= 4 is 17.5 Å². The number of carbonyl (C=O) groups is 1. The SMILES string of the molecule is Cc1cc(NC(=O)CCN2CCN(c3ncccc3C#N)CC2)no1. The van der Waals surface area contributed by atoms with E-state index < -0.39 is 0 Å². The van der Waals surface area contributed by atoms with Crippen LogP contribution in [0.25, 0.3) is 0 Å². The zero-order chi connectivity index (χ0) is 17.6. The smallest absolute Gasteiger partial charge is 0.226 e. The maximum absolute atomic E-state index is 12.0. The Balaban J connectivity index is 1.45. The first-order valence-corrected chi connectivity index (χ1v) is 8.21. The minimum atomic E-state index is -0.0766. The second kappa shape index (κ2) is 7.77. The molecular formula is C17H20N6O2. The van der Waals surface area contributed by atoms with Gasteiger partial charge in [0.25, 0.3) is 0 Å². The fraction of sp³-hybridized carbons (Fsp3) is 0.412. The largest absolute Gasteiger partial charge is 0.360 e. The number of amides is 1. The minimum Gasteiger partial charge on any atom is -0.360 e. The second-order valence-electron chi connectivity index (χ2n) is 5.94. The first-order valence-electron chi connectivity index (χ1n) is 8.21. The molecule has 0 atom stereocenters. The fourth-order valence-corrected chi connectivity index (χ4v) is 2.81. The molecule has 130 valence electrons. The molecule has 1 N–H and O–H groups in total. The van der Waals surface area contributed by atoms with Crippen LogP contribution in [0.3, 0.4) is 0 Å². The number of aromatic nitrogens is 2. The fourth-order valence-electron chi connectivity index (χ4n) is 2.81. The van der Waals surface area contributed by atoms with Gasteiger partial charge in [0.1, 0.15) is 17.6 Å². The summed E-state index contributed by atoms with van der Waals surface area (Å²) in [7, 11) is 0. The monoisotopic (exact) mass is 340 g/mol. The number of aryl methyl sites for hydroxylation is 1. The Morgan fingerprint density at radius 3 is 2.88 bits per heavy atom. The van der Waals surface area contributed by atoms with Crippen molar-refractivity contribution in [1.82, 2.24) is 15.0 Å². The van der Waals surface area contributed by atoms with Crippen LogP contribution < -0.4 is 10.2 Å². The Labute approximate surface area is 146 Å². The van der Waals surface area contributed by atoms with E-state index in [1.54, 1.807) is 31.3 Å². The number of nitrogens with one attached hydrogen (secondary N) is 1. The molecule has 0 radical (unpaired) electrons. The number of nitriles is 1. The summed E-state index contributed by atoms with van der Waals surface area (Å²) in [5, 5.41) is 15.7. The lowest BCUT2D eigenvalue weighted by Crippen LogP contribution is -2.47. The van der Waals surface area contributed by atoms with Crippen molar-refractivity contribution in [1.29, 1.82) is 5.26 Å². The van der Waals surface area contributed by atoms with Gasteiger partial charge in [0.15, 0.2) is 5.82 Å². The summed E-state index contributed by atoms with van der Waals surface area (Å²) < 4.78 is 4.92. The first-order chi connectivity index (χ1) is 12.2. The molecule has 8 nitrogen and oxygen atoms in total. The molecule has 2 aromatic heterocycles. The maximum atomic E-state index is 12.0. The summed E-state index contributed by atoms with van der Waals surface area (Å²) in [6, 6.07) is 7.43.